The van der Waals surface area contributed by atoms with E-state index in [1.807, 2.05) is 61.7 Å². The smallest absolute Gasteiger partial charge is 0.0900 e. The molecule has 1 aromatic heterocycles. The number of aromatic nitrogens is 3. The summed E-state index contributed by atoms with van der Waals surface area (Å²) in [5.41, 5.74) is 7.51. The van der Waals surface area contributed by atoms with Gasteiger partial charge in [-0.1, -0.05) is 29.8 Å². The van der Waals surface area contributed by atoms with Gasteiger partial charge in [0.15, 0.2) is 0 Å². The van der Waals surface area contributed by atoms with Crippen LogP contribution in [-0.4, -0.2) is 33.8 Å². The monoisotopic (exact) mass is 495 g/mol. The number of pyridine rings is 1. The Morgan fingerprint density at radius 1 is 1.00 bits per heavy atom. The van der Waals surface area contributed by atoms with Crippen LogP contribution in [0.25, 0.3) is 28.1 Å². The largest absolute Gasteiger partial charge is 0.381 e. The summed E-state index contributed by atoms with van der Waals surface area (Å²) >= 11 is 6.41. The van der Waals surface area contributed by atoms with Crippen molar-refractivity contribution in [2.45, 2.75) is 25.8 Å². The van der Waals surface area contributed by atoms with E-state index < -0.39 is 0 Å². The molecule has 0 unspecified atom stereocenters. The van der Waals surface area contributed by atoms with Gasteiger partial charge in [-0.05, 0) is 74.4 Å². The van der Waals surface area contributed by atoms with Gasteiger partial charge < -0.3 is 14.6 Å². The summed E-state index contributed by atoms with van der Waals surface area (Å²) in [7, 11) is 0. The summed E-state index contributed by atoms with van der Waals surface area (Å²) in [4.78, 5) is 14.6. The summed E-state index contributed by atoms with van der Waals surface area (Å²) < 4.78 is 7.78. The van der Waals surface area contributed by atoms with Crippen LogP contribution in [0.15, 0.2) is 84.0 Å². The van der Waals surface area contributed by atoms with Crippen LogP contribution >= 0.6 is 11.6 Å². The fourth-order valence-electron chi connectivity index (χ4n) is 4.65. The molecular weight excluding hydrogens is 470 g/mol. The lowest BCUT2D eigenvalue weighted by Gasteiger charge is -2.22. The Labute approximate surface area is 214 Å². The number of benzene rings is 3. The SMILES string of the molecule is Cc1ccc(Nc2cc3nc4ccccc4n(-c4cccc(Cl)c4)c-3cc2=NC2CCOCC2)cn1. The lowest BCUT2D eigenvalue weighted by molar-refractivity contribution is 0.0864. The molecule has 0 spiro atoms. The Morgan fingerprint density at radius 3 is 2.67 bits per heavy atom. The first-order valence-electron chi connectivity index (χ1n) is 12.2. The van der Waals surface area contributed by atoms with Crippen LogP contribution in [0.1, 0.15) is 18.5 Å². The van der Waals surface area contributed by atoms with Crippen molar-refractivity contribution in [3.8, 4) is 17.1 Å². The Bertz CT molecular complexity index is 1570. The zero-order chi connectivity index (χ0) is 24.5. The second kappa shape index (κ2) is 9.72. The van der Waals surface area contributed by atoms with Crippen LogP contribution in [0, 0.1) is 6.92 Å². The van der Waals surface area contributed by atoms with Gasteiger partial charge in [-0.25, -0.2) is 4.98 Å². The number of anilines is 2. The van der Waals surface area contributed by atoms with Crippen molar-refractivity contribution in [2.75, 3.05) is 18.5 Å². The number of fused-ring (bicyclic) bond motifs is 2. The van der Waals surface area contributed by atoms with Crippen LogP contribution in [-0.2, 0) is 4.74 Å². The average molecular weight is 496 g/mol. The highest BCUT2D eigenvalue weighted by atomic mass is 35.5. The minimum atomic E-state index is 0.209. The zero-order valence-corrected chi connectivity index (χ0v) is 20.7. The van der Waals surface area contributed by atoms with Gasteiger partial charge in [-0.15, -0.1) is 0 Å². The molecule has 1 aliphatic carbocycles. The maximum atomic E-state index is 6.41. The van der Waals surface area contributed by atoms with Crippen molar-refractivity contribution in [1.82, 2.24) is 14.5 Å². The van der Waals surface area contributed by atoms with Crippen molar-refractivity contribution < 1.29 is 4.74 Å². The molecular formula is C29H26ClN5O. The van der Waals surface area contributed by atoms with Gasteiger partial charge in [0.05, 0.1) is 51.4 Å². The Hall–Kier alpha value is -3.74. The van der Waals surface area contributed by atoms with E-state index in [0.29, 0.717) is 5.02 Å². The summed E-state index contributed by atoms with van der Waals surface area (Å²) in [5.74, 6) is 0. The zero-order valence-electron chi connectivity index (χ0n) is 20.0. The average Bonchev–Trinajstić information content (AvgIpc) is 2.90. The second-order valence-corrected chi connectivity index (χ2v) is 9.50. The van der Waals surface area contributed by atoms with Crippen LogP contribution in [0.5, 0.6) is 0 Å². The highest BCUT2D eigenvalue weighted by Gasteiger charge is 2.18. The maximum absolute atomic E-state index is 6.41. The molecule has 1 fully saturated rings. The van der Waals surface area contributed by atoms with E-state index in [9.17, 15) is 0 Å². The maximum Gasteiger partial charge on any atom is 0.0900 e. The van der Waals surface area contributed by atoms with E-state index in [2.05, 4.69) is 39.1 Å². The lowest BCUT2D eigenvalue weighted by atomic mass is 10.1. The molecule has 3 heterocycles. The van der Waals surface area contributed by atoms with Crippen LogP contribution in [0.4, 0.5) is 11.4 Å². The highest BCUT2D eigenvalue weighted by Crippen LogP contribution is 2.31. The van der Waals surface area contributed by atoms with Crippen molar-refractivity contribution >= 4 is 34.0 Å². The van der Waals surface area contributed by atoms with Gasteiger partial charge in [-0.3, -0.25) is 9.98 Å². The molecule has 0 radical (unpaired) electrons. The molecule has 0 atom stereocenters. The molecule has 2 aromatic carbocycles. The van der Waals surface area contributed by atoms with Gasteiger partial charge in [0, 0.05) is 29.6 Å². The minimum Gasteiger partial charge on any atom is -0.381 e. The van der Waals surface area contributed by atoms with Crippen molar-refractivity contribution in [3.05, 3.63) is 95.1 Å². The highest BCUT2D eigenvalue weighted by molar-refractivity contribution is 6.30. The van der Waals surface area contributed by atoms with Gasteiger partial charge in [0.25, 0.3) is 0 Å². The predicted molar refractivity (Wildman–Crippen MR) is 144 cm³/mol. The fourth-order valence-corrected chi connectivity index (χ4v) is 4.83. The van der Waals surface area contributed by atoms with Crippen LogP contribution in [0.3, 0.4) is 0 Å². The molecule has 1 N–H and O–H groups in total. The van der Waals surface area contributed by atoms with E-state index in [1.54, 1.807) is 0 Å². The van der Waals surface area contributed by atoms with Crippen LogP contribution < -0.4 is 10.7 Å². The van der Waals surface area contributed by atoms with Gasteiger partial charge >= 0.3 is 0 Å². The Balaban J connectivity index is 1.62. The third kappa shape index (κ3) is 4.57. The molecule has 6 nitrogen and oxygen atoms in total. The first kappa shape index (κ1) is 22.7. The molecule has 36 heavy (non-hydrogen) atoms. The first-order valence-corrected chi connectivity index (χ1v) is 12.5. The van der Waals surface area contributed by atoms with Crippen LogP contribution in [0.2, 0.25) is 5.02 Å². The summed E-state index contributed by atoms with van der Waals surface area (Å²) in [6.45, 7) is 3.46. The van der Waals surface area contributed by atoms with Gasteiger partial charge in [-0.2, -0.15) is 0 Å². The number of para-hydroxylation sites is 2. The number of nitrogens with zero attached hydrogens (tertiary/aromatic N) is 4. The van der Waals surface area contributed by atoms with E-state index >= 15 is 0 Å². The summed E-state index contributed by atoms with van der Waals surface area (Å²) in [6.07, 6.45) is 3.67. The predicted octanol–water partition coefficient (Wildman–Crippen LogP) is 6.31. The van der Waals surface area contributed by atoms with Crippen molar-refractivity contribution in [1.29, 1.82) is 0 Å². The Kier molecular flexibility index (Phi) is 6.13. The number of hydrogen-bond acceptors (Lipinski definition) is 5. The number of aryl methyl sites for hydroxylation is 1. The molecule has 0 amide bonds. The molecule has 180 valence electrons. The Morgan fingerprint density at radius 2 is 1.86 bits per heavy atom. The van der Waals surface area contributed by atoms with Gasteiger partial charge in [0.2, 0.25) is 0 Å². The third-order valence-corrected chi connectivity index (χ3v) is 6.70. The second-order valence-electron chi connectivity index (χ2n) is 9.06. The molecule has 7 heteroatoms. The molecule has 2 aliphatic heterocycles. The molecule has 0 saturated carbocycles. The van der Waals surface area contributed by atoms with E-state index in [0.717, 1.165) is 76.6 Å². The number of halogens is 1. The molecule has 1 saturated heterocycles. The van der Waals surface area contributed by atoms with E-state index in [-0.39, 0.29) is 6.04 Å². The molecule has 6 rings (SSSR count). The normalized spacial score (nSPS) is 15.0. The first-order chi connectivity index (χ1) is 17.6. The number of nitrogens with one attached hydrogen (secondary N) is 1. The van der Waals surface area contributed by atoms with Crippen molar-refractivity contribution in [3.63, 3.8) is 0 Å². The minimum absolute atomic E-state index is 0.209. The number of ether oxygens (including phenoxy) is 1. The third-order valence-electron chi connectivity index (χ3n) is 6.47. The summed E-state index contributed by atoms with van der Waals surface area (Å²) in [5, 5.41) is 5.12. The summed E-state index contributed by atoms with van der Waals surface area (Å²) in [6, 6.07) is 24.5. The molecule has 0 bridgehead atoms. The molecule has 3 aliphatic rings. The van der Waals surface area contributed by atoms with E-state index in [4.69, 9.17) is 26.3 Å². The molecule has 3 aromatic rings. The van der Waals surface area contributed by atoms with Gasteiger partial charge in [0.1, 0.15) is 0 Å². The standard InChI is InChI=1S/C29H26ClN5O/c1-19-9-10-22(18-31-19)33-25-16-27-29(17-26(25)32-21-11-13-36-14-12-21)35(23-6-4-5-20(30)15-23)28-8-3-2-7-24(28)34-27/h2-10,15-18,21,33H,11-14H2,1H3. The van der Waals surface area contributed by atoms with Crippen molar-refractivity contribution in [2.24, 2.45) is 4.99 Å². The topological polar surface area (TPSA) is 64.3 Å². The number of rotatable bonds is 4. The number of hydrogen-bond donors (Lipinski definition) is 1. The quantitative estimate of drug-likeness (QED) is 0.297. The van der Waals surface area contributed by atoms with E-state index in [1.165, 1.54) is 0 Å². The lowest BCUT2D eigenvalue weighted by Crippen LogP contribution is -2.23. The fraction of sp³-hybridized carbons (Fsp3) is 0.207.